The summed E-state index contributed by atoms with van der Waals surface area (Å²) in [7, 11) is 0. The van der Waals surface area contributed by atoms with Crippen molar-refractivity contribution in [2.75, 3.05) is 13.2 Å². The Labute approximate surface area is 414 Å². The maximum absolute atomic E-state index is 12.8. The molecule has 0 rings (SSSR count). The summed E-state index contributed by atoms with van der Waals surface area (Å²) in [6.07, 6.45) is 71.4. The summed E-state index contributed by atoms with van der Waals surface area (Å²) in [4.78, 5) is 38.1. The van der Waals surface area contributed by atoms with Gasteiger partial charge in [0, 0.05) is 19.3 Å². The van der Waals surface area contributed by atoms with E-state index in [2.05, 4.69) is 106 Å². The molecule has 0 aromatic heterocycles. The Bertz CT molecular complexity index is 1300. The molecule has 0 amide bonds. The van der Waals surface area contributed by atoms with Crippen LogP contribution in [0.5, 0.6) is 0 Å². The second-order valence-corrected chi connectivity index (χ2v) is 18.5. The van der Waals surface area contributed by atoms with Gasteiger partial charge in [0.05, 0.1) is 0 Å². The summed E-state index contributed by atoms with van der Waals surface area (Å²) in [6.45, 7) is 6.46. The molecule has 0 spiro atoms. The van der Waals surface area contributed by atoms with E-state index in [0.29, 0.717) is 19.3 Å². The van der Waals surface area contributed by atoms with Gasteiger partial charge < -0.3 is 14.2 Å². The van der Waals surface area contributed by atoms with Crippen molar-refractivity contribution in [1.82, 2.24) is 0 Å². The highest BCUT2D eigenvalue weighted by Crippen LogP contribution is 2.14. The summed E-state index contributed by atoms with van der Waals surface area (Å²) in [5.74, 6) is -0.963. The van der Waals surface area contributed by atoms with Crippen LogP contribution in [-0.2, 0) is 28.6 Å². The number of carbonyl (C=O) groups is 3. The summed E-state index contributed by atoms with van der Waals surface area (Å²) in [5.41, 5.74) is 0. The molecule has 0 heterocycles. The van der Waals surface area contributed by atoms with Gasteiger partial charge in [-0.2, -0.15) is 0 Å². The molecular weight excluding hydrogens is 829 g/mol. The largest absolute Gasteiger partial charge is 0.462 e. The zero-order valence-corrected chi connectivity index (χ0v) is 43.9. The van der Waals surface area contributed by atoms with Crippen molar-refractivity contribution in [2.24, 2.45) is 0 Å². The molecule has 0 N–H and O–H groups in total. The van der Waals surface area contributed by atoms with Crippen molar-refractivity contribution < 1.29 is 28.6 Å². The minimum Gasteiger partial charge on any atom is -0.462 e. The number of rotatable bonds is 50. The molecule has 0 bridgehead atoms. The highest BCUT2D eigenvalue weighted by atomic mass is 16.6. The second kappa shape index (κ2) is 55.2. The topological polar surface area (TPSA) is 78.9 Å². The van der Waals surface area contributed by atoms with Crippen molar-refractivity contribution >= 4 is 17.9 Å². The average molecular weight is 933 g/mol. The Hall–Kier alpha value is -3.41. The van der Waals surface area contributed by atoms with Crippen LogP contribution in [0.3, 0.4) is 0 Å². The smallest absolute Gasteiger partial charge is 0.306 e. The van der Waals surface area contributed by atoms with E-state index < -0.39 is 6.10 Å². The predicted octanol–water partition coefficient (Wildman–Crippen LogP) is 18.8. The number of esters is 3. The molecule has 0 aliphatic carbocycles. The molecule has 6 heteroatoms. The lowest BCUT2D eigenvalue weighted by Gasteiger charge is -2.18. The van der Waals surface area contributed by atoms with Gasteiger partial charge in [-0.25, -0.2) is 0 Å². The number of hydrogen-bond acceptors (Lipinski definition) is 6. The van der Waals surface area contributed by atoms with E-state index in [0.717, 1.165) is 77.0 Å². The van der Waals surface area contributed by atoms with Crippen molar-refractivity contribution in [3.63, 3.8) is 0 Å². The first-order valence-electron chi connectivity index (χ1n) is 28.1. The second-order valence-electron chi connectivity index (χ2n) is 18.5. The molecule has 0 unspecified atom stereocenters. The molecule has 67 heavy (non-hydrogen) atoms. The first kappa shape index (κ1) is 63.6. The maximum atomic E-state index is 12.8. The summed E-state index contributed by atoms with van der Waals surface area (Å²) < 4.78 is 16.8. The van der Waals surface area contributed by atoms with Crippen LogP contribution in [0, 0.1) is 0 Å². The third-order valence-electron chi connectivity index (χ3n) is 11.9. The lowest BCUT2D eigenvalue weighted by atomic mass is 10.1. The molecule has 0 saturated heterocycles. The van der Waals surface area contributed by atoms with E-state index in [4.69, 9.17) is 14.2 Å². The lowest BCUT2D eigenvalue weighted by molar-refractivity contribution is -0.167. The van der Waals surface area contributed by atoms with Gasteiger partial charge in [-0.15, -0.1) is 0 Å². The minimum absolute atomic E-state index is 0.0979. The van der Waals surface area contributed by atoms with Crippen LogP contribution in [-0.4, -0.2) is 37.2 Å². The van der Waals surface area contributed by atoms with E-state index in [-0.39, 0.29) is 37.5 Å². The van der Waals surface area contributed by atoms with Crippen molar-refractivity contribution in [2.45, 2.75) is 271 Å². The molecular formula is C61H104O6. The monoisotopic (exact) mass is 933 g/mol. The Morgan fingerprint density at radius 2 is 0.597 bits per heavy atom. The Morgan fingerprint density at radius 3 is 1.00 bits per heavy atom. The predicted molar refractivity (Wildman–Crippen MR) is 288 cm³/mol. The molecule has 0 aliphatic heterocycles. The van der Waals surface area contributed by atoms with E-state index >= 15 is 0 Å². The van der Waals surface area contributed by atoms with Gasteiger partial charge in [0.2, 0.25) is 0 Å². The number of hydrogen-bond donors (Lipinski definition) is 0. The third-order valence-corrected chi connectivity index (χ3v) is 11.9. The molecule has 0 aromatic rings. The molecule has 0 radical (unpaired) electrons. The first-order valence-corrected chi connectivity index (χ1v) is 28.1. The highest BCUT2D eigenvalue weighted by molar-refractivity contribution is 5.71. The van der Waals surface area contributed by atoms with Crippen LogP contribution < -0.4 is 0 Å². The molecule has 0 aliphatic rings. The number of carbonyl (C=O) groups excluding carboxylic acids is 3. The van der Waals surface area contributed by atoms with E-state index in [1.807, 2.05) is 0 Å². The van der Waals surface area contributed by atoms with E-state index in [1.165, 1.54) is 141 Å². The third kappa shape index (κ3) is 53.4. The Kier molecular flexibility index (Phi) is 52.4. The van der Waals surface area contributed by atoms with Crippen LogP contribution in [0.1, 0.15) is 265 Å². The summed E-state index contributed by atoms with van der Waals surface area (Å²) in [6, 6.07) is 0. The fourth-order valence-corrected chi connectivity index (χ4v) is 7.64. The van der Waals surface area contributed by atoms with Gasteiger partial charge in [-0.1, -0.05) is 221 Å². The molecule has 384 valence electrons. The van der Waals surface area contributed by atoms with Crippen molar-refractivity contribution in [3.05, 3.63) is 85.1 Å². The summed E-state index contributed by atoms with van der Waals surface area (Å²) in [5, 5.41) is 0. The van der Waals surface area contributed by atoms with Gasteiger partial charge in [-0.3, -0.25) is 14.4 Å². The van der Waals surface area contributed by atoms with Gasteiger partial charge in [-0.05, 0) is 109 Å². The minimum atomic E-state index is -0.804. The van der Waals surface area contributed by atoms with Gasteiger partial charge in [0.1, 0.15) is 13.2 Å². The van der Waals surface area contributed by atoms with Crippen LogP contribution in [0.2, 0.25) is 0 Å². The number of allylic oxidation sites excluding steroid dienone is 14. The maximum Gasteiger partial charge on any atom is 0.306 e. The standard InChI is InChI=1S/C61H104O6/c1-4-7-10-13-16-19-22-25-28-30-33-36-39-42-45-48-51-54-60(63)66-57-58(56-65-59(62)53-50-47-44-41-38-35-32-27-24-21-18-15-12-9-6-3)67-61(64)55-52-49-46-43-40-37-34-31-29-26-23-20-17-14-11-8-5-2/h7,10,16,19,21,24-26,28-29,33,36,42,45,58H,4-6,8-9,11-15,17-18,20,22-23,27,30-32,34-35,37-41,43-44,46-57H2,1-3H3/b10-7+,19-16+,24-21+,28-25+,29-26+,36-33+,45-42+/t58-/m1/s1. The van der Waals surface area contributed by atoms with E-state index in [9.17, 15) is 14.4 Å². The average Bonchev–Trinajstić information content (AvgIpc) is 3.33. The first-order chi connectivity index (χ1) is 33.0. The molecule has 6 nitrogen and oxygen atoms in total. The summed E-state index contributed by atoms with van der Waals surface area (Å²) >= 11 is 0. The van der Waals surface area contributed by atoms with Crippen molar-refractivity contribution in [1.29, 1.82) is 0 Å². The fourth-order valence-electron chi connectivity index (χ4n) is 7.64. The fraction of sp³-hybridized carbons (Fsp3) is 0.721. The molecule has 0 saturated carbocycles. The van der Waals surface area contributed by atoms with Crippen LogP contribution in [0.4, 0.5) is 0 Å². The quantitative estimate of drug-likeness (QED) is 0.0262. The van der Waals surface area contributed by atoms with Crippen LogP contribution in [0.25, 0.3) is 0 Å². The van der Waals surface area contributed by atoms with Gasteiger partial charge >= 0.3 is 17.9 Å². The van der Waals surface area contributed by atoms with Crippen LogP contribution >= 0.6 is 0 Å². The zero-order valence-electron chi connectivity index (χ0n) is 43.9. The Balaban J connectivity index is 4.48. The number of ether oxygens (including phenoxy) is 3. The van der Waals surface area contributed by atoms with Gasteiger partial charge in [0.15, 0.2) is 6.10 Å². The van der Waals surface area contributed by atoms with Gasteiger partial charge in [0.25, 0.3) is 0 Å². The van der Waals surface area contributed by atoms with Crippen LogP contribution in [0.15, 0.2) is 85.1 Å². The normalized spacial score (nSPS) is 12.7. The molecule has 0 aromatic carbocycles. The van der Waals surface area contributed by atoms with E-state index in [1.54, 1.807) is 0 Å². The number of unbranched alkanes of at least 4 members (excludes halogenated alkanes) is 25. The molecule has 0 fully saturated rings. The molecule has 1 atom stereocenters. The highest BCUT2D eigenvalue weighted by Gasteiger charge is 2.19. The van der Waals surface area contributed by atoms with Crippen molar-refractivity contribution in [3.8, 4) is 0 Å². The zero-order chi connectivity index (χ0) is 48.6. The lowest BCUT2D eigenvalue weighted by Crippen LogP contribution is -2.30. The SMILES string of the molecule is CC/C=C/C/C=C/C/C=C/C/C=C/C/C=C/CCCC(=O)OC[C@@H](COC(=O)CCCCCCCCC/C=C/CCCCCC)OC(=O)CCCCCCCCC/C=C/CCCCCCCC. The Morgan fingerprint density at radius 1 is 0.313 bits per heavy atom.